The summed E-state index contributed by atoms with van der Waals surface area (Å²) in [5.41, 5.74) is 2.22. The molecule has 0 amide bonds. The van der Waals surface area contributed by atoms with Gasteiger partial charge in [-0.05, 0) is 38.5 Å². The highest BCUT2D eigenvalue weighted by molar-refractivity contribution is 14.0. The summed E-state index contributed by atoms with van der Waals surface area (Å²) in [5, 5.41) is 7.67. The molecule has 24 heavy (non-hydrogen) atoms. The smallest absolute Gasteiger partial charge is 0.191 e. The molecule has 7 heteroatoms. The highest BCUT2D eigenvalue weighted by atomic mass is 127. The zero-order valence-corrected chi connectivity index (χ0v) is 17.7. The largest absolute Gasteiger partial charge is 0.497 e. The van der Waals surface area contributed by atoms with E-state index < -0.39 is 0 Å². The number of benzene rings is 1. The third-order valence-electron chi connectivity index (χ3n) is 3.38. The molecule has 0 unspecified atom stereocenters. The van der Waals surface area contributed by atoms with Gasteiger partial charge in [0.2, 0.25) is 0 Å². The summed E-state index contributed by atoms with van der Waals surface area (Å²) in [7, 11) is 1.67. The van der Waals surface area contributed by atoms with Gasteiger partial charge in [-0.2, -0.15) is 0 Å². The van der Waals surface area contributed by atoms with Crippen molar-refractivity contribution in [3.8, 4) is 5.75 Å². The maximum Gasteiger partial charge on any atom is 0.191 e. The highest BCUT2D eigenvalue weighted by Gasteiger charge is 2.05. The van der Waals surface area contributed by atoms with E-state index in [0.717, 1.165) is 34.5 Å². The Morgan fingerprint density at radius 1 is 1.29 bits per heavy atom. The van der Waals surface area contributed by atoms with Gasteiger partial charge in [0, 0.05) is 11.4 Å². The SMILES string of the molecule is CCNC(=NCc1cccc(OC)c1)NCc1nc(C)c(C)s1.I. The Labute approximate surface area is 165 Å². The van der Waals surface area contributed by atoms with E-state index in [1.165, 1.54) is 4.88 Å². The number of ether oxygens (including phenoxy) is 1. The summed E-state index contributed by atoms with van der Waals surface area (Å²) < 4.78 is 5.24. The quantitative estimate of drug-likeness (QED) is 0.393. The van der Waals surface area contributed by atoms with Gasteiger partial charge in [-0.1, -0.05) is 12.1 Å². The second kappa shape index (κ2) is 10.5. The minimum Gasteiger partial charge on any atom is -0.497 e. The van der Waals surface area contributed by atoms with Crippen LogP contribution >= 0.6 is 35.3 Å². The van der Waals surface area contributed by atoms with Crippen LogP contribution in [0, 0.1) is 13.8 Å². The molecule has 1 aromatic carbocycles. The van der Waals surface area contributed by atoms with E-state index in [1.807, 2.05) is 31.2 Å². The predicted molar refractivity (Wildman–Crippen MR) is 112 cm³/mol. The number of thiazole rings is 1. The topological polar surface area (TPSA) is 58.5 Å². The van der Waals surface area contributed by atoms with Crippen molar-refractivity contribution in [3.63, 3.8) is 0 Å². The predicted octanol–water partition coefficient (Wildman–Crippen LogP) is 3.64. The lowest BCUT2D eigenvalue weighted by atomic mass is 10.2. The highest BCUT2D eigenvalue weighted by Crippen LogP contribution is 2.16. The molecular weight excluding hydrogens is 435 g/mol. The van der Waals surface area contributed by atoms with Crippen molar-refractivity contribution in [1.29, 1.82) is 0 Å². The Morgan fingerprint density at radius 3 is 2.71 bits per heavy atom. The number of aromatic nitrogens is 1. The van der Waals surface area contributed by atoms with Crippen LogP contribution in [0.4, 0.5) is 0 Å². The van der Waals surface area contributed by atoms with Crippen molar-refractivity contribution in [3.05, 3.63) is 45.4 Å². The van der Waals surface area contributed by atoms with Crippen molar-refractivity contribution in [2.45, 2.75) is 33.9 Å². The van der Waals surface area contributed by atoms with Crippen LogP contribution in [0.15, 0.2) is 29.3 Å². The van der Waals surface area contributed by atoms with Gasteiger partial charge in [-0.15, -0.1) is 35.3 Å². The first-order chi connectivity index (χ1) is 11.1. The number of rotatable bonds is 6. The molecule has 0 saturated heterocycles. The van der Waals surface area contributed by atoms with Gasteiger partial charge in [0.1, 0.15) is 10.8 Å². The molecule has 0 bridgehead atoms. The summed E-state index contributed by atoms with van der Waals surface area (Å²) in [6, 6.07) is 7.96. The number of nitrogens with zero attached hydrogens (tertiary/aromatic N) is 2. The lowest BCUT2D eigenvalue weighted by Gasteiger charge is -2.10. The Bertz CT molecular complexity index is 653. The molecule has 2 N–H and O–H groups in total. The van der Waals surface area contributed by atoms with Crippen LogP contribution in [-0.2, 0) is 13.1 Å². The van der Waals surface area contributed by atoms with Gasteiger partial charge in [0.25, 0.3) is 0 Å². The fourth-order valence-corrected chi connectivity index (χ4v) is 2.93. The zero-order chi connectivity index (χ0) is 16.7. The van der Waals surface area contributed by atoms with Gasteiger partial charge >= 0.3 is 0 Å². The molecule has 2 rings (SSSR count). The van der Waals surface area contributed by atoms with Crippen LogP contribution in [0.1, 0.15) is 28.1 Å². The minimum absolute atomic E-state index is 0. The molecule has 1 aromatic heterocycles. The van der Waals surface area contributed by atoms with Crippen molar-refractivity contribution in [2.75, 3.05) is 13.7 Å². The molecule has 0 fully saturated rings. The molecule has 0 aliphatic carbocycles. The van der Waals surface area contributed by atoms with Gasteiger partial charge < -0.3 is 15.4 Å². The van der Waals surface area contributed by atoms with Crippen LogP contribution in [0.2, 0.25) is 0 Å². The molecule has 0 aliphatic rings. The lowest BCUT2D eigenvalue weighted by molar-refractivity contribution is 0.414. The average Bonchev–Trinajstić information content (AvgIpc) is 2.88. The van der Waals surface area contributed by atoms with Crippen molar-refractivity contribution < 1.29 is 4.74 Å². The van der Waals surface area contributed by atoms with Gasteiger partial charge in [-0.3, -0.25) is 0 Å². The summed E-state index contributed by atoms with van der Waals surface area (Å²) in [6.07, 6.45) is 0. The third kappa shape index (κ3) is 6.27. The van der Waals surface area contributed by atoms with Crippen molar-refractivity contribution in [1.82, 2.24) is 15.6 Å². The Morgan fingerprint density at radius 2 is 2.08 bits per heavy atom. The third-order valence-corrected chi connectivity index (χ3v) is 4.45. The molecule has 0 saturated carbocycles. The minimum atomic E-state index is 0. The van der Waals surface area contributed by atoms with Crippen LogP contribution in [0.5, 0.6) is 5.75 Å². The van der Waals surface area contributed by atoms with Crippen LogP contribution < -0.4 is 15.4 Å². The molecule has 0 aliphatic heterocycles. The van der Waals surface area contributed by atoms with Crippen LogP contribution in [0.3, 0.4) is 0 Å². The van der Waals surface area contributed by atoms with E-state index in [1.54, 1.807) is 18.4 Å². The molecule has 1 heterocycles. The summed E-state index contributed by atoms with van der Waals surface area (Å²) in [6.45, 7) is 8.29. The second-order valence-corrected chi connectivity index (χ2v) is 6.44. The number of aryl methyl sites for hydroxylation is 2. The summed E-state index contributed by atoms with van der Waals surface area (Å²) in [4.78, 5) is 10.4. The molecule has 132 valence electrons. The normalized spacial score (nSPS) is 10.9. The van der Waals surface area contributed by atoms with E-state index in [0.29, 0.717) is 13.1 Å². The molecular formula is C17H25IN4OS. The molecule has 0 spiro atoms. The standard InChI is InChI=1S/C17H24N4OS.HI/c1-5-18-17(20-11-16-21-12(2)13(3)23-16)19-10-14-7-6-8-15(9-14)22-4;/h6-9H,5,10-11H2,1-4H3,(H2,18,19,20);1H. The Balaban J connectivity index is 0.00000288. The molecule has 2 aromatic rings. The fraction of sp³-hybridized carbons (Fsp3) is 0.412. The molecule has 5 nitrogen and oxygen atoms in total. The van der Waals surface area contributed by atoms with Crippen molar-refractivity contribution in [2.24, 2.45) is 4.99 Å². The van der Waals surface area contributed by atoms with E-state index in [2.05, 4.69) is 34.5 Å². The zero-order valence-electron chi connectivity index (χ0n) is 14.5. The first-order valence-electron chi connectivity index (χ1n) is 7.70. The van der Waals surface area contributed by atoms with Gasteiger partial charge in [0.15, 0.2) is 5.96 Å². The monoisotopic (exact) mass is 460 g/mol. The summed E-state index contributed by atoms with van der Waals surface area (Å²) in [5.74, 6) is 1.64. The Hall–Kier alpha value is -1.35. The number of hydrogen-bond donors (Lipinski definition) is 2. The van der Waals surface area contributed by atoms with Crippen molar-refractivity contribution >= 4 is 41.3 Å². The van der Waals surface area contributed by atoms with Gasteiger partial charge in [-0.25, -0.2) is 9.98 Å². The maximum absolute atomic E-state index is 5.24. The maximum atomic E-state index is 5.24. The first kappa shape index (κ1) is 20.7. The van der Waals surface area contributed by atoms with E-state index in [4.69, 9.17) is 4.74 Å². The number of methoxy groups -OCH3 is 1. The Kier molecular flexibility index (Phi) is 9.05. The van der Waals surface area contributed by atoms with E-state index in [-0.39, 0.29) is 24.0 Å². The first-order valence-corrected chi connectivity index (χ1v) is 8.52. The second-order valence-electron chi connectivity index (χ2n) is 5.15. The number of nitrogens with one attached hydrogen (secondary N) is 2. The average molecular weight is 460 g/mol. The molecule has 0 atom stereocenters. The number of aliphatic imine (C=N–C) groups is 1. The lowest BCUT2D eigenvalue weighted by Crippen LogP contribution is -2.36. The van der Waals surface area contributed by atoms with Crippen LogP contribution in [0.25, 0.3) is 0 Å². The van der Waals surface area contributed by atoms with E-state index >= 15 is 0 Å². The van der Waals surface area contributed by atoms with Gasteiger partial charge in [0.05, 0.1) is 25.9 Å². The van der Waals surface area contributed by atoms with Crippen LogP contribution in [-0.4, -0.2) is 24.6 Å². The summed E-state index contributed by atoms with van der Waals surface area (Å²) >= 11 is 1.72. The number of hydrogen-bond acceptors (Lipinski definition) is 4. The fourth-order valence-electron chi connectivity index (χ4n) is 2.06. The number of halogens is 1. The molecule has 0 radical (unpaired) electrons. The van der Waals surface area contributed by atoms with E-state index in [9.17, 15) is 0 Å². The number of guanidine groups is 1.